The van der Waals surface area contributed by atoms with Gasteiger partial charge >= 0.3 is 0 Å². The third kappa shape index (κ3) is 2.36. The summed E-state index contributed by atoms with van der Waals surface area (Å²) in [5.41, 5.74) is 11.1. The number of aryl methyl sites for hydroxylation is 2. The van der Waals surface area contributed by atoms with Gasteiger partial charge in [0.05, 0.1) is 0 Å². The van der Waals surface area contributed by atoms with E-state index in [1.807, 2.05) is 6.07 Å². The molecule has 0 bridgehead atoms. The summed E-state index contributed by atoms with van der Waals surface area (Å²) in [5.74, 6) is 0.927. The minimum absolute atomic E-state index is 0.0502. The zero-order valence-electron chi connectivity index (χ0n) is 11.4. The van der Waals surface area contributed by atoms with Gasteiger partial charge in [0.2, 0.25) is 0 Å². The summed E-state index contributed by atoms with van der Waals surface area (Å²) in [6.45, 7) is 4.18. The third-order valence-electron chi connectivity index (χ3n) is 3.72. The van der Waals surface area contributed by atoms with Gasteiger partial charge in [0, 0.05) is 18.0 Å². The van der Waals surface area contributed by atoms with E-state index in [-0.39, 0.29) is 12.1 Å². The molecule has 2 heteroatoms. The van der Waals surface area contributed by atoms with Crippen molar-refractivity contribution >= 4 is 0 Å². The van der Waals surface area contributed by atoms with E-state index in [0.29, 0.717) is 0 Å². The Morgan fingerprint density at radius 2 is 1.84 bits per heavy atom. The summed E-state index contributed by atoms with van der Waals surface area (Å²) in [6, 6.07) is 14.8. The summed E-state index contributed by atoms with van der Waals surface area (Å²) < 4.78 is 6.12. The molecule has 2 N–H and O–H groups in total. The van der Waals surface area contributed by atoms with Crippen LogP contribution in [0.3, 0.4) is 0 Å². The largest absolute Gasteiger partial charge is 0.485 e. The minimum Gasteiger partial charge on any atom is -0.485 e. The molecular formula is C17H19NO. The molecule has 0 amide bonds. The summed E-state index contributed by atoms with van der Waals surface area (Å²) in [7, 11) is 0. The first-order valence-corrected chi connectivity index (χ1v) is 6.73. The summed E-state index contributed by atoms with van der Waals surface area (Å²) in [5, 5.41) is 0. The molecule has 0 radical (unpaired) electrons. The first-order chi connectivity index (χ1) is 9.13. The molecule has 2 aromatic carbocycles. The van der Waals surface area contributed by atoms with Crippen molar-refractivity contribution in [1.82, 2.24) is 0 Å². The first-order valence-electron chi connectivity index (χ1n) is 6.73. The standard InChI is InChI=1S/C17H19NO/c1-11-4-3-5-13(8-11)17-10-15(18)14-9-12(2)6-7-16(14)19-17/h3-9,15,17H,10,18H2,1-2H3. The fourth-order valence-electron chi connectivity index (χ4n) is 2.70. The molecule has 2 nitrogen and oxygen atoms in total. The molecule has 2 aromatic rings. The zero-order chi connectivity index (χ0) is 13.4. The number of ether oxygens (including phenoxy) is 1. The van der Waals surface area contributed by atoms with Crippen molar-refractivity contribution in [3.05, 3.63) is 64.7 Å². The van der Waals surface area contributed by atoms with Gasteiger partial charge in [-0.3, -0.25) is 0 Å². The minimum atomic E-state index is 0.0502. The second kappa shape index (κ2) is 4.71. The molecule has 3 rings (SSSR count). The number of hydrogen-bond donors (Lipinski definition) is 1. The van der Waals surface area contributed by atoms with Crippen LogP contribution in [0.4, 0.5) is 0 Å². The topological polar surface area (TPSA) is 35.2 Å². The molecule has 0 aromatic heterocycles. The maximum Gasteiger partial charge on any atom is 0.126 e. The molecule has 0 spiro atoms. The Bertz CT molecular complexity index is 606. The van der Waals surface area contributed by atoms with E-state index in [1.165, 1.54) is 16.7 Å². The average Bonchev–Trinajstić information content (AvgIpc) is 2.39. The van der Waals surface area contributed by atoms with Crippen molar-refractivity contribution in [2.75, 3.05) is 0 Å². The smallest absolute Gasteiger partial charge is 0.126 e. The Labute approximate surface area is 114 Å². The van der Waals surface area contributed by atoms with Crippen LogP contribution >= 0.6 is 0 Å². The number of fused-ring (bicyclic) bond motifs is 1. The SMILES string of the molecule is Cc1cccc(C2CC(N)c3cc(C)ccc3O2)c1. The Morgan fingerprint density at radius 1 is 1.05 bits per heavy atom. The van der Waals surface area contributed by atoms with Crippen LogP contribution in [0.25, 0.3) is 0 Å². The summed E-state index contributed by atoms with van der Waals surface area (Å²) >= 11 is 0. The molecule has 0 saturated heterocycles. The van der Waals surface area contributed by atoms with Crippen LogP contribution in [-0.2, 0) is 0 Å². The zero-order valence-corrected chi connectivity index (χ0v) is 11.4. The highest BCUT2D eigenvalue weighted by atomic mass is 16.5. The van der Waals surface area contributed by atoms with Crippen LogP contribution < -0.4 is 10.5 Å². The van der Waals surface area contributed by atoms with Crippen LogP contribution in [-0.4, -0.2) is 0 Å². The predicted molar refractivity (Wildman–Crippen MR) is 77.3 cm³/mol. The van der Waals surface area contributed by atoms with Crippen LogP contribution in [0.1, 0.15) is 40.8 Å². The highest BCUT2D eigenvalue weighted by molar-refractivity contribution is 5.41. The molecular weight excluding hydrogens is 234 g/mol. The first kappa shape index (κ1) is 12.2. The van der Waals surface area contributed by atoms with E-state index < -0.39 is 0 Å². The van der Waals surface area contributed by atoms with Gasteiger partial charge in [0.1, 0.15) is 11.9 Å². The van der Waals surface area contributed by atoms with Gasteiger partial charge in [-0.15, -0.1) is 0 Å². The summed E-state index contributed by atoms with van der Waals surface area (Å²) in [6.07, 6.45) is 0.894. The van der Waals surface area contributed by atoms with Gasteiger partial charge in [-0.2, -0.15) is 0 Å². The van der Waals surface area contributed by atoms with E-state index >= 15 is 0 Å². The Morgan fingerprint density at radius 3 is 2.63 bits per heavy atom. The van der Waals surface area contributed by atoms with E-state index in [1.54, 1.807) is 0 Å². The molecule has 1 aliphatic heterocycles. The quantitative estimate of drug-likeness (QED) is 0.838. The monoisotopic (exact) mass is 253 g/mol. The number of hydrogen-bond acceptors (Lipinski definition) is 2. The maximum absolute atomic E-state index is 6.30. The highest BCUT2D eigenvalue weighted by Crippen LogP contribution is 2.40. The van der Waals surface area contributed by atoms with Crippen LogP contribution in [0.5, 0.6) is 5.75 Å². The van der Waals surface area contributed by atoms with Crippen molar-refractivity contribution in [3.63, 3.8) is 0 Å². The van der Waals surface area contributed by atoms with Gasteiger partial charge < -0.3 is 10.5 Å². The average molecular weight is 253 g/mol. The van der Waals surface area contributed by atoms with Gasteiger partial charge in [0.25, 0.3) is 0 Å². The lowest BCUT2D eigenvalue weighted by atomic mass is 9.92. The molecule has 2 unspecified atom stereocenters. The van der Waals surface area contributed by atoms with Crippen molar-refractivity contribution in [1.29, 1.82) is 0 Å². The van der Waals surface area contributed by atoms with E-state index in [2.05, 4.69) is 50.2 Å². The Balaban J connectivity index is 1.95. The van der Waals surface area contributed by atoms with Crippen LogP contribution in [0, 0.1) is 13.8 Å². The Kier molecular flexibility index (Phi) is 3.03. The van der Waals surface area contributed by atoms with Gasteiger partial charge in [-0.1, -0.05) is 47.5 Å². The third-order valence-corrected chi connectivity index (χ3v) is 3.72. The maximum atomic E-state index is 6.30. The lowest BCUT2D eigenvalue weighted by Gasteiger charge is -2.31. The van der Waals surface area contributed by atoms with E-state index in [0.717, 1.165) is 17.7 Å². The molecule has 1 aliphatic rings. The molecule has 98 valence electrons. The fraction of sp³-hybridized carbons (Fsp3) is 0.294. The van der Waals surface area contributed by atoms with Gasteiger partial charge in [-0.25, -0.2) is 0 Å². The lowest BCUT2D eigenvalue weighted by molar-refractivity contribution is 0.161. The predicted octanol–water partition coefficient (Wildman–Crippen LogP) is 3.83. The van der Waals surface area contributed by atoms with Gasteiger partial charge in [0.15, 0.2) is 0 Å². The molecule has 1 heterocycles. The van der Waals surface area contributed by atoms with Crippen molar-refractivity contribution in [2.45, 2.75) is 32.4 Å². The van der Waals surface area contributed by atoms with Crippen molar-refractivity contribution in [3.8, 4) is 5.75 Å². The highest BCUT2D eigenvalue weighted by Gasteiger charge is 2.26. The van der Waals surface area contributed by atoms with E-state index in [4.69, 9.17) is 10.5 Å². The second-order valence-corrected chi connectivity index (χ2v) is 5.40. The van der Waals surface area contributed by atoms with Crippen LogP contribution in [0.15, 0.2) is 42.5 Å². The van der Waals surface area contributed by atoms with Crippen molar-refractivity contribution in [2.24, 2.45) is 5.73 Å². The molecule has 0 saturated carbocycles. The van der Waals surface area contributed by atoms with Crippen LogP contribution in [0.2, 0.25) is 0 Å². The number of rotatable bonds is 1. The van der Waals surface area contributed by atoms with E-state index in [9.17, 15) is 0 Å². The number of benzene rings is 2. The normalized spacial score (nSPS) is 21.6. The molecule has 0 aliphatic carbocycles. The number of nitrogens with two attached hydrogens (primary N) is 1. The molecule has 19 heavy (non-hydrogen) atoms. The van der Waals surface area contributed by atoms with Gasteiger partial charge in [-0.05, 0) is 25.5 Å². The Hall–Kier alpha value is -1.80. The lowest BCUT2D eigenvalue weighted by Crippen LogP contribution is -2.24. The molecule has 0 fully saturated rings. The summed E-state index contributed by atoms with van der Waals surface area (Å²) in [4.78, 5) is 0. The van der Waals surface area contributed by atoms with Crippen molar-refractivity contribution < 1.29 is 4.74 Å². The second-order valence-electron chi connectivity index (χ2n) is 5.40. The molecule has 2 atom stereocenters. The fourth-order valence-corrected chi connectivity index (χ4v) is 2.70.